The molecule has 0 atom stereocenters. The molecule has 0 saturated carbocycles. The average Bonchev–Trinajstić information content (AvgIpc) is 2.54. The average molecular weight is 368 g/mol. The third-order valence-corrected chi connectivity index (χ3v) is 4.70. The van der Waals surface area contributed by atoms with Crippen LogP contribution in [0.1, 0.15) is 5.56 Å². The van der Waals surface area contributed by atoms with Crippen molar-refractivity contribution in [2.24, 2.45) is 0 Å². The van der Waals surface area contributed by atoms with Gasteiger partial charge in [-0.2, -0.15) is 0 Å². The zero-order chi connectivity index (χ0) is 17.9. The summed E-state index contributed by atoms with van der Waals surface area (Å²) < 4.78 is 0. The second-order valence-corrected chi connectivity index (χ2v) is 6.06. The molecule has 0 radical (unpaired) electrons. The van der Waals surface area contributed by atoms with E-state index in [2.05, 4.69) is 5.32 Å². The Balaban J connectivity index is 2.56. The van der Waals surface area contributed by atoms with Crippen molar-refractivity contribution in [2.75, 3.05) is 5.32 Å². The van der Waals surface area contributed by atoms with Gasteiger partial charge in [0.05, 0.1) is 36.4 Å². The quantitative estimate of drug-likeness (QED) is 0.465. The Morgan fingerprint density at radius 3 is 2.46 bits per heavy atom. The first kappa shape index (κ1) is 17.7. The molecule has 0 aliphatic rings. The number of rotatable bonds is 6. The van der Waals surface area contributed by atoms with Crippen LogP contribution >= 0.6 is 23.4 Å². The summed E-state index contributed by atoms with van der Waals surface area (Å²) in [6, 6.07) is 6.64. The number of benzene rings is 2. The highest BCUT2D eigenvalue weighted by Gasteiger charge is 2.22. The Bertz CT molecular complexity index is 843. The predicted molar refractivity (Wildman–Crippen MR) is 89.7 cm³/mol. The summed E-state index contributed by atoms with van der Waals surface area (Å²) in [6.07, 6.45) is 0.479. The number of hydrogen-bond acceptors (Lipinski definition) is 6. The van der Waals surface area contributed by atoms with Crippen molar-refractivity contribution < 1.29 is 14.6 Å². The zero-order valence-corrected chi connectivity index (χ0v) is 13.8. The van der Waals surface area contributed by atoms with Gasteiger partial charge in [-0.1, -0.05) is 29.4 Å². The van der Waals surface area contributed by atoms with E-state index in [9.17, 15) is 25.0 Å². The fraction of sp³-hybridized carbons (Fsp3) is 0.0714. The lowest BCUT2D eigenvalue weighted by Crippen LogP contribution is -2.00. The number of amides is 1. The smallest absolute Gasteiger partial charge is 0.290 e. The number of non-ortho nitro benzene ring substituents is 1. The van der Waals surface area contributed by atoms with E-state index in [0.717, 1.165) is 23.4 Å². The van der Waals surface area contributed by atoms with Crippen LogP contribution in [0, 0.1) is 27.2 Å². The molecule has 0 fully saturated rings. The fourth-order valence-electron chi connectivity index (χ4n) is 1.95. The highest BCUT2D eigenvalue weighted by molar-refractivity contribution is 7.99. The van der Waals surface area contributed by atoms with Crippen LogP contribution in [-0.4, -0.2) is 16.3 Å². The third kappa shape index (κ3) is 3.63. The molecule has 0 bridgehead atoms. The summed E-state index contributed by atoms with van der Waals surface area (Å²) in [6.45, 7) is 1.75. The number of nitrogens with zero attached hydrogens (tertiary/aromatic N) is 2. The van der Waals surface area contributed by atoms with E-state index in [1.165, 1.54) is 12.1 Å². The number of anilines is 1. The Morgan fingerprint density at radius 1 is 1.17 bits per heavy atom. The molecule has 24 heavy (non-hydrogen) atoms. The van der Waals surface area contributed by atoms with Crippen LogP contribution in [0.25, 0.3) is 0 Å². The first-order chi connectivity index (χ1) is 11.3. The molecule has 0 heterocycles. The molecule has 2 aromatic rings. The maximum Gasteiger partial charge on any atom is 0.290 e. The van der Waals surface area contributed by atoms with Crippen LogP contribution in [0.15, 0.2) is 40.1 Å². The Morgan fingerprint density at radius 2 is 1.88 bits per heavy atom. The van der Waals surface area contributed by atoms with Gasteiger partial charge in [0.1, 0.15) is 0 Å². The van der Waals surface area contributed by atoms with Crippen molar-refractivity contribution in [2.45, 2.75) is 16.7 Å². The van der Waals surface area contributed by atoms with E-state index in [0.29, 0.717) is 22.0 Å². The number of nitro benzene ring substituents is 2. The molecule has 0 spiro atoms. The lowest BCUT2D eigenvalue weighted by atomic mass is 10.2. The van der Waals surface area contributed by atoms with E-state index in [1.807, 2.05) is 0 Å². The molecule has 0 aromatic heterocycles. The summed E-state index contributed by atoms with van der Waals surface area (Å²) in [4.78, 5) is 32.0. The first-order valence-electron chi connectivity index (χ1n) is 6.45. The molecule has 0 saturated heterocycles. The molecular weight excluding hydrogens is 358 g/mol. The van der Waals surface area contributed by atoms with Crippen LogP contribution in [0.3, 0.4) is 0 Å². The minimum Gasteiger partial charge on any atom is -0.327 e. The molecule has 0 aliphatic heterocycles. The van der Waals surface area contributed by atoms with Gasteiger partial charge in [0.15, 0.2) is 0 Å². The highest BCUT2D eigenvalue weighted by Crippen LogP contribution is 2.44. The van der Waals surface area contributed by atoms with Crippen molar-refractivity contribution in [1.82, 2.24) is 0 Å². The van der Waals surface area contributed by atoms with E-state index in [-0.39, 0.29) is 10.6 Å². The van der Waals surface area contributed by atoms with E-state index >= 15 is 0 Å². The van der Waals surface area contributed by atoms with Crippen LogP contribution < -0.4 is 5.32 Å². The molecule has 0 aliphatic carbocycles. The molecule has 8 nitrogen and oxygen atoms in total. The van der Waals surface area contributed by atoms with E-state index < -0.39 is 15.5 Å². The Kier molecular flexibility index (Phi) is 5.37. The number of aryl methyl sites for hydroxylation is 1. The van der Waals surface area contributed by atoms with E-state index in [4.69, 9.17) is 11.6 Å². The van der Waals surface area contributed by atoms with Gasteiger partial charge in [-0.3, -0.25) is 25.0 Å². The molecule has 2 aromatic carbocycles. The van der Waals surface area contributed by atoms with Crippen LogP contribution in [-0.2, 0) is 4.79 Å². The van der Waals surface area contributed by atoms with Crippen molar-refractivity contribution in [1.29, 1.82) is 0 Å². The van der Waals surface area contributed by atoms with Gasteiger partial charge in [0, 0.05) is 6.07 Å². The topological polar surface area (TPSA) is 115 Å². The third-order valence-electron chi connectivity index (χ3n) is 3.08. The Labute approximate surface area is 145 Å². The molecule has 124 valence electrons. The lowest BCUT2D eigenvalue weighted by Gasteiger charge is -2.13. The maximum atomic E-state index is 11.2. The SMILES string of the molecule is Cc1ccc(Cl)c(Sc2ccc([N+](=O)[O-])cc2[N+](=O)[O-])c1NC=O. The number of nitro groups is 2. The predicted octanol–water partition coefficient (Wildman–Crippen LogP) is 4.18. The van der Waals surface area contributed by atoms with Crippen molar-refractivity contribution in [3.8, 4) is 0 Å². The van der Waals surface area contributed by atoms with Crippen molar-refractivity contribution in [3.05, 3.63) is 61.1 Å². The van der Waals surface area contributed by atoms with Crippen molar-refractivity contribution in [3.63, 3.8) is 0 Å². The standard InChI is InChI=1S/C14H10ClN3O5S/c1-8-2-4-10(15)14(13(8)16-7-19)24-12-5-3-9(17(20)21)6-11(12)18(22)23/h2-7H,1H3,(H,16,19). The number of carbonyl (C=O) groups excluding carboxylic acids is 1. The van der Waals surface area contributed by atoms with Gasteiger partial charge >= 0.3 is 0 Å². The monoisotopic (exact) mass is 367 g/mol. The van der Waals surface area contributed by atoms with Gasteiger partial charge in [0.2, 0.25) is 6.41 Å². The molecular formula is C14H10ClN3O5S. The molecule has 1 amide bonds. The van der Waals surface area contributed by atoms with Crippen LogP contribution in [0.4, 0.5) is 17.1 Å². The normalized spacial score (nSPS) is 10.2. The molecule has 10 heteroatoms. The highest BCUT2D eigenvalue weighted by atomic mass is 35.5. The summed E-state index contributed by atoms with van der Waals surface area (Å²) in [5.74, 6) is 0. The first-order valence-corrected chi connectivity index (χ1v) is 7.64. The minimum absolute atomic E-state index is 0.173. The number of nitrogens with one attached hydrogen (secondary N) is 1. The summed E-state index contributed by atoms with van der Waals surface area (Å²) in [5.41, 5.74) is 0.352. The van der Waals surface area contributed by atoms with Crippen molar-refractivity contribution >= 4 is 46.8 Å². The second kappa shape index (κ2) is 7.28. The molecule has 1 N–H and O–H groups in total. The summed E-state index contributed by atoms with van der Waals surface area (Å²) in [5, 5.41) is 24.8. The molecule has 0 unspecified atom stereocenters. The van der Waals surface area contributed by atoms with Crippen LogP contribution in [0.2, 0.25) is 5.02 Å². The summed E-state index contributed by atoms with van der Waals surface area (Å²) >= 11 is 7.10. The van der Waals surface area contributed by atoms with Gasteiger partial charge in [-0.05, 0) is 24.6 Å². The van der Waals surface area contributed by atoms with Gasteiger partial charge in [0.25, 0.3) is 11.4 Å². The van der Waals surface area contributed by atoms with E-state index in [1.54, 1.807) is 19.1 Å². The maximum absolute atomic E-state index is 11.2. The van der Waals surface area contributed by atoms with Gasteiger partial charge in [-0.15, -0.1) is 0 Å². The fourth-order valence-corrected chi connectivity index (χ4v) is 3.31. The largest absolute Gasteiger partial charge is 0.327 e. The zero-order valence-electron chi connectivity index (χ0n) is 12.2. The Hall–Kier alpha value is -2.65. The molecule has 2 rings (SSSR count). The lowest BCUT2D eigenvalue weighted by molar-refractivity contribution is -0.396. The summed E-state index contributed by atoms with van der Waals surface area (Å²) in [7, 11) is 0. The van der Waals surface area contributed by atoms with Crippen LogP contribution in [0.5, 0.6) is 0 Å². The number of carbonyl (C=O) groups is 1. The second-order valence-electron chi connectivity index (χ2n) is 4.60. The van der Waals surface area contributed by atoms with Gasteiger partial charge < -0.3 is 5.32 Å². The van der Waals surface area contributed by atoms with Gasteiger partial charge in [-0.25, -0.2) is 0 Å². The number of halogens is 1. The number of hydrogen-bond donors (Lipinski definition) is 1. The minimum atomic E-state index is -0.708.